The van der Waals surface area contributed by atoms with Crippen molar-refractivity contribution in [3.05, 3.63) is 50.9 Å². The Labute approximate surface area is 155 Å². The van der Waals surface area contributed by atoms with Gasteiger partial charge in [0.1, 0.15) is 10.3 Å². The van der Waals surface area contributed by atoms with Gasteiger partial charge in [0.05, 0.1) is 10.6 Å². The molecule has 11 heteroatoms. The molecule has 2 aromatic heterocycles. The van der Waals surface area contributed by atoms with E-state index in [9.17, 15) is 18.0 Å². The molecule has 0 aliphatic carbocycles. The van der Waals surface area contributed by atoms with Crippen LogP contribution in [0.2, 0.25) is 15.3 Å². The molecule has 134 valence electrons. The van der Waals surface area contributed by atoms with Crippen molar-refractivity contribution in [1.29, 1.82) is 0 Å². The zero-order chi connectivity index (χ0) is 18.8. The van der Waals surface area contributed by atoms with Crippen LogP contribution in [0.15, 0.2) is 24.4 Å². The van der Waals surface area contributed by atoms with Crippen LogP contribution in [0.4, 0.5) is 19.0 Å². The molecule has 2 aromatic rings. The number of hydrogen-bond acceptors (Lipinski definition) is 4. The van der Waals surface area contributed by atoms with Crippen molar-refractivity contribution in [2.24, 2.45) is 0 Å². The van der Waals surface area contributed by atoms with Crippen LogP contribution in [-0.4, -0.2) is 22.4 Å². The molecule has 0 aromatic carbocycles. The average molecular weight is 414 g/mol. The Balaban J connectivity index is 2.26. The smallest absolute Gasteiger partial charge is 0.267 e. The van der Waals surface area contributed by atoms with Crippen LogP contribution in [0.5, 0.6) is 0 Å². The van der Waals surface area contributed by atoms with E-state index in [0.717, 1.165) is 6.07 Å². The summed E-state index contributed by atoms with van der Waals surface area (Å²) in [7, 11) is 0. The summed E-state index contributed by atoms with van der Waals surface area (Å²) in [5.74, 6) is -0.636. The molecule has 1 amide bonds. The van der Waals surface area contributed by atoms with Crippen molar-refractivity contribution >= 4 is 46.5 Å². The van der Waals surface area contributed by atoms with Crippen LogP contribution in [-0.2, 0) is 6.18 Å². The predicted octanol–water partition coefficient (Wildman–Crippen LogP) is 4.63. The Morgan fingerprint density at radius 1 is 1.20 bits per heavy atom. The number of carbonyl (C=O) groups is 1. The van der Waals surface area contributed by atoms with E-state index in [1.807, 2.05) is 0 Å². The van der Waals surface area contributed by atoms with E-state index >= 15 is 0 Å². The SMILES string of the molecule is CCN(NC(=O)c1cc(Cl)nc(Cl)c1)c1ncc(C(F)(F)F)cc1Cl. The Morgan fingerprint density at radius 3 is 2.28 bits per heavy atom. The molecule has 1 N–H and O–H groups in total. The van der Waals surface area contributed by atoms with Gasteiger partial charge in [0, 0.05) is 18.3 Å². The number of amides is 1. The zero-order valence-electron chi connectivity index (χ0n) is 12.5. The Bertz CT molecular complexity index is 781. The molecule has 0 aliphatic rings. The van der Waals surface area contributed by atoms with E-state index in [2.05, 4.69) is 15.4 Å². The van der Waals surface area contributed by atoms with E-state index in [1.165, 1.54) is 17.1 Å². The topological polar surface area (TPSA) is 58.1 Å². The van der Waals surface area contributed by atoms with Crippen LogP contribution in [0.25, 0.3) is 0 Å². The van der Waals surface area contributed by atoms with E-state index in [-0.39, 0.29) is 33.3 Å². The van der Waals surface area contributed by atoms with Crippen LogP contribution in [0.1, 0.15) is 22.8 Å². The van der Waals surface area contributed by atoms with Crippen LogP contribution in [0, 0.1) is 0 Å². The Morgan fingerprint density at radius 2 is 1.80 bits per heavy atom. The van der Waals surface area contributed by atoms with Gasteiger partial charge in [-0.2, -0.15) is 13.2 Å². The lowest BCUT2D eigenvalue weighted by atomic mass is 10.2. The van der Waals surface area contributed by atoms with Crippen LogP contribution < -0.4 is 10.4 Å². The fourth-order valence-corrected chi connectivity index (χ4v) is 2.58. The monoisotopic (exact) mass is 412 g/mol. The number of carbonyl (C=O) groups excluding carboxylic acids is 1. The van der Waals surface area contributed by atoms with Crippen molar-refractivity contribution in [2.45, 2.75) is 13.1 Å². The number of pyridine rings is 2. The van der Waals surface area contributed by atoms with E-state index < -0.39 is 17.6 Å². The minimum Gasteiger partial charge on any atom is -0.267 e. The second-order valence-corrected chi connectivity index (χ2v) is 5.90. The van der Waals surface area contributed by atoms with Gasteiger partial charge in [0.2, 0.25) is 0 Å². The number of alkyl halides is 3. The highest BCUT2D eigenvalue weighted by Crippen LogP contribution is 2.33. The van der Waals surface area contributed by atoms with Crippen molar-refractivity contribution in [3.63, 3.8) is 0 Å². The van der Waals surface area contributed by atoms with Crippen LogP contribution in [0.3, 0.4) is 0 Å². The second-order valence-electron chi connectivity index (χ2n) is 4.71. The lowest BCUT2D eigenvalue weighted by Crippen LogP contribution is -2.43. The van der Waals surface area contributed by atoms with Gasteiger partial charge in [-0.1, -0.05) is 34.8 Å². The number of nitrogens with zero attached hydrogens (tertiary/aromatic N) is 3. The molecule has 0 spiro atoms. The molecule has 0 saturated heterocycles. The number of halogens is 6. The first kappa shape index (κ1) is 19.6. The van der Waals surface area contributed by atoms with Gasteiger partial charge in [0.15, 0.2) is 5.82 Å². The van der Waals surface area contributed by atoms with Gasteiger partial charge in [0.25, 0.3) is 5.91 Å². The van der Waals surface area contributed by atoms with Gasteiger partial charge in [-0.25, -0.2) is 9.97 Å². The second kappa shape index (κ2) is 7.63. The van der Waals surface area contributed by atoms with Gasteiger partial charge in [-0.15, -0.1) is 0 Å². The Kier molecular flexibility index (Phi) is 5.97. The van der Waals surface area contributed by atoms with Gasteiger partial charge in [-0.05, 0) is 25.1 Å². The first-order chi connectivity index (χ1) is 11.6. The van der Waals surface area contributed by atoms with Crippen molar-refractivity contribution in [3.8, 4) is 0 Å². The number of rotatable bonds is 4. The molecule has 2 rings (SSSR count). The highest BCUT2D eigenvalue weighted by molar-refractivity contribution is 6.33. The maximum absolute atomic E-state index is 12.7. The summed E-state index contributed by atoms with van der Waals surface area (Å²) in [6.07, 6.45) is -3.93. The van der Waals surface area contributed by atoms with Crippen molar-refractivity contribution in [1.82, 2.24) is 15.4 Å². The van der Waals surface area contributed by atoms with Gasteiger partial charge >= 0.3 is 6.18 Å². The number of hydrogen-bond donors (Lipinski definition) is 1. The largest absolute Gasteiger partial charge is 0.417 e. The minimum absolute atomic E-state index is 0.0198. The fourth-order valence-electron chi connectivity index (χ4n) is 1.85. The molecule has 0 bridgehead atoms. The third-order valence-corrected chi connectivity index (χ3v) is 3.65. The maximum Gasteiger partial charge on any atom is 0.417 e. The molecule has 0 atom stereocenters. The van der Waals surface area contributed by atoms with E-state index in [0.29, 0.717) is 6.20 Å². The number of hydrazine groups is 1. The maximum atomic E-state index is 12.7. The molecule has 25 heavy (non-hydrogen) atoms. The van der Waals surface area contributed by atoms with Crippen molar-refractivity contribution in [2.75, 3.05) is 11.6 Å². The number of nitrogens with one attached hydrogen (secondary N) is 1. The van der Waals surface area contributed by atoms with E-state index in [1.54, 1.807) is 6.92 Å². The van der Waals surface area contributed by atoms with Crippen LogP contribution >= 0.6 is 34.8 Å². The zero-order valence-corrected chi connectivity index (χ0v) is 14.8. The summed E-state index contributed by atoms with van der Waals surface area (Å²) in [6.45, 7) is 1.85. The Hall–Kier alpha value is -1.77. The first-order valence-electron chi connectivity index (χ1n) is 6.76. The molecule has 0 radical (unpaired) electrons. The highest BCUT2D eigenvalue weighted by atomic mass is 35.5. The van der Waals surface area contributed by atoms with Crippen molar-refractivity contribution < 1.29 is 18.0 Å². The molecule has 0 saturated carbocycles. The molecule has 0 aliphatic heterocycles. The summed E-state index contributed by atoms with van der Waals surface area (Å²) < 4.78 is 38.0. The fraction of sp³-hybridized carbons (Fsp3) is 0.214. The molecular formula is C14H10Cl3F3N4O. The predicted molar refractivity (Wildman–Crippen MR) is 89.0 cm³/mol. The standard InChI is InChI=1S/C14H10Cl3F3N4O/c1-2-24(12-9(15)5-8(6-21-12)14(18,19)20)23-13(25)7-3-10(16)22-11(17)4-7/h3-6H,2H2,1H3,(H,23,25). The number of anilines is 1. The van der Waals surface area contributed by atoms with Gasteiger partial charge < -0.3 is 0 Å². The summed E-state index contributed by atoms with van der Waals surface area (Å²) in [5, 5.41) is 0.980. The minimum atomic E-state index is -4.57. The van der Waals surface area contributed by atoms with E-state index in [4.69, 9.17) is 34.8 Å². The number of aromatic nitrogens is 2. The average Bonchev–Trinajstić information content (AvgIpc) is 2.50. The summed E-state index contributed by atoms with van der Waals surface area (Å²) >= 11 is 17.4. The molecular weight excluding hydrogens is 404 g/mol. The first-order valence-corrected chi connectivity index (χ1v) is 7.89. The molecule has 2 heterocycles. The molecule has 0 unspecified atom stereocenters. The highest BCUT2D eigenvalue weighted by Gasteiger charge is 2.32. The summed E-state index contributed by atoms with van der Waals surface area (Å²) in [6, 6.07) is 3.32. The lowest BCUT2D eigenvalue weighted by molar-refractivity contribution is -0.137. The summed E-state index contributed by atoms with van der Waals surface area (Å²) in [5.41, 5.74) is 1.60. The summed E-state index contributed by atoms with van der Waals surface area (Å²) in [4.78, 5) is 19.7. The lowest BCUT2D eigenvalue weighted by Gasteiger charge is -2.24. The van der Waals surface area contributed by atoms with Gasteiger partial charge in [-0.3, -0.25) is 15.2 Å². The normalized spacial score (nSPS) is 11.3. The third-order valence-electron chi connectivity index (χ3n) is 2.98. The third kappa shape index (κ3) is 4.87. The molecule has 5 nitrogen and oxygen atoms in total. The molecule has 0 fully saturated rings. The quantitative estimate of drug-likeness (QED) is 0.587.